The number of aryl methyl sites for hydroxylation is 2. The van der Waals surface area contributed by atoms with E-state index in [2.05, 4.69) is 31.0 Å². The smallest absolute Gasteiger partial charge is 0.273 e. The molecule has 0 saturated carbocycles. The first-order valence-electron chi connectivity index (χ1n) is 12.6. The number of nitrogens with one attached hydrogen (secondary N) is 2. The van der Waals surface area contributed by atoms with Crippen LogP contribution >= 0.6 is 0 Å². The molecule has 0 atom stereocenters. The normalized spacial score (nSPS) is 10.8. The van der Waals surface area contributed by atoms with Gasteiger partial charge >= 0.3 is 0 Å². The van der Waals surface area contributed by atoms with Gasteiger partial charge < -0.3 is 20.1 Å². The molecule has 3 aromatic heterocycles. The van der Waals surface area contributed by atoms with Crippen LogP contribution in [0, 0.1) is 20.8 Å². The monoisotopic (exact) mass is 538 g/mol. The van der Waals surface area contributed by atoms with Crippen LogP contribution in [0.5, 0.6) is 11.5 Å². The molecule has 0 aliphatic heterocycles. The van der Waals surface area contributed by atoms with Gasteiger partial charge in [-0.3, -0.25) is 9.48 Å². The van der Waals surface area contributed by atoms with Crippen molar-refractivity contribution in [3.8, 4) is 28.6 Å². The van der Waals surface area contributed by atoms with Crippen molar-refractivity contribution in [2.45, 2.75) is 20.8 Å². The fourth-order valence-electron chi connectivity index (χ4n) is 4.25. The zero-order chi connectivity index (χ0) is 28.4. The number of hydrogen-bond donors (Lipinski definition) is 2. The highest BCUT2D eigenvalue weighted by atomic mass is 16.5. The lowest BCUT2D eigenvalue weighted by Gasteiger charge is -2.09. The molecule has 11 heteroatoms. The van der Waals surface area contributed by atoms with E-state index in [1.807, 2.05) is 69.3 Å². The first-order valence-corrected chi connectivity index (χ1v) is 12.6. The van der Waals surface area contributed by atoms with E-state index in [9.17, 15) is 4.79 Å². The van der Waals surface area contributed by atoms with Gasteiger partial charge in [0.25, 0.3) is 5.91 Å². The van der Waals surface area contributed by atoms with Gasteiger partial charge in [0.2, 0.25) is 0 Å². The third-order valence-corrected chi connectivity index (χ3v) is 6.73. The highest BCUT2D eigenvalue weighted by molar-refractivity contribution is 6.03. The summed E-state index contributed by atoms with van der Waals surface area (Å²) in [5, 5.41) is 23.8. The van der Waals surface area contributed by atoms with Crippen LogP contribution in [-0.4, -0.2) is 49.9 Å². The third kappa shape index (κ3) is 5.21. The molecule has 0 unspecified atom stereocenters. The molecule has 0 radical (unpaired) electrons. The van der Waals surface area contributed by atoms with Crippen LogP contribution in [0.15, 0.2) is 60.7 Å². The molecule has 2 aromatic carbocycles. The number of nitrogens with zero attached hydrogens (tertiary/aromatic N) is 6. The van der Waals surface area contributed by atoms with E-state index >= 15 is 0 Å². The van der Waals surface area contributed by atoms with Gasteiger partial charge in [0, 0.05) is 29.7 Å². The predicted molar refractivity (Wildman–Crippen MR) is 153 cm³/mol. The van der Waals surface area contributed by atoms with E-state index in [4.69, 9.17) is 9.47 Å². The summed E-state index contributed by atoms with van der Waals surface area (Å²) in [5.41, 5.74) is 6.30. The number of aromatic nitrogens is 6. The topological polar surface area (TPSA) is 121 Å². The molecule has 3 heterocycles. The van der Waals surface area contributed by atoms with Gasteiger partial charge in [0.15, 0.2) is 11.6 Å². The van der Waals surface area contributed by atoms with Crippen LogP contribution in [-0.2, 0) is 7.05 Å². The number of methoxy groups -OCH3 is 2. The maximum absolute atomic E-state index is 13.1. The summed E-state index contributed by atoms with van der Waals surface area (Å²) in [7, 11) is 4.91. The number of benzene rings is 2. The van der Waals surface area contributed by atoms with Crippen molar-refractivity contribution in [3.63, 3.8) is 0 Å². The van der Waals surface area contributed by atoms with Crippen molar-refractivity contribution in [2.75, 3.05) is 24.9 Å². The number of ether oxygens (including phenoxy) is 2. The number of carbonyl (C=O) groups excluding carboxylic acids is 1. The van der Waals surface area contributed by atoms with Gasteiger partial charge in [-0.1, -0.05) is 0 Å². The Bertz CT molecular complexity index is 1670. The van der Waals surface area contributed by atoms with Crippen molar-refractivity contribution < 1.29 is 14.3 Å². The molecule has 0 saturated heterocycles. The van der Waals surface area contributed by atoms with E-state index in [0.29, 0.717) is 40.2 Å². The molecule has 5 aromatic rings. The maximum Gasteiger partial charge on any atom is 0.273 e. The van der Waals surface area contributed by atoms with Crippen LogP contribution in [0.2, 0.25) is 0 Å². The van der Waals surface area contributed by atoms with Gasteiger partial charge in [-0.15, -0.1) is 10.2 Å². The summed E-state index contributed by atoms with van der Waals surface area (Å²) in [6.45, 7) is 6.02. The zero-order valence-corrected chi connectivity index (χ0v) is 23.2. The number of hydrogen-bond acceptors (Lipinski definition) is 8. The predicted octanol–water partition coefficient (Wildman–Crippen LogP) is 5.00. The Kier molecular flexibility index (Phi) is 7.19. The van der Waals surface area contributed by atoms with Gasteiger partial charge in [-0.25, -0.2) is 4.68 Å². The first-order chi connectivity index (χ1) is 19.3. The molecule has 0 aliphatic carbocycles. The molecule has 2 N–H and O–H groups in total. The minimum absolute atomic E-state index is 0.287. The highest BCUT2D eigenvalue weighted by Gasteiger charge is 2.18. The Morgan fingerprint density at radius 2 is 1.60 bits per heavy atom. The summed E-state index contributed by atoms with van der Waals surface area (Å²) >= 11 is 0. The van der Waals surface area contributed by atoms with Crippen LogP contribution in [0.3, 0.4) is 0 Å². The Morgan fingerprint density at radius 3 is 2.23 bits per heavy atom. The summed E-state index contributed by atoms with van der Waals surface area (Å²) in [6, 6.07) is 18.2. The molecule has 0 fully saturated rings. The standard InChI is InChI=1S/C29H30N8O3/c1-17-18(2)34-37(19(17)3)28-14-13-27(32-33-28)30-20-7-9-21(10-8-20)31-29(38)25-16-24(35-36(25)4)23-15-22(39-5)11-12-26(23)40-6/h7-16H,1-6H3,(H,30,32)(H,31,38). The van der Waals surface area contributed by atoms with E-state index in [1.54, 1.807) is 38.1 Å². The lowest BCUT2D eigenvalue weighted by molar-refractivity contribution is 0.101. The SMILES string of the molecule is COc1ccc(OC)c(-c2cc(C(=O)Nc3ccc(Nc4ccc(-n5nc(C)c(C)c5C)nn4)cc3)n(C)n2)c1. The van der Waals surface area contributed by atoms with Gasteiger partial charge in [-0.2, -0.15) is 10.2 Å². The van der Waals surface area contributed by atoms with Crippen molar-refractivity contribution >= 4 is 23.1 Å². The fourth-order valence-corrected chi connectivity index (χ4v) is 4.25. The summed E-state index contributed by atoms with van der Waals surface area (Å²) in [6.07, 6.45) is 0. The Hall–Kier alpha value is -5.19. The Labute approximate surface area is 231 Å². The number of amides is 1. The summed E-state index contributed by atoms with van der Waals surface area (Å²) < 4.78 is 14.1. The summed E-state index contributed by atoms with van der Waals surface area (Å²) in [4.78, 5) is 13.1. The molecule has 5 rings (SSSR count). The average Bonchev–Trinajstić information content (AvgIpc) is 3.48. The largest absolute Gasteiger partial charge is 0.497 e. The second kappa shape index (κ2) is 10.9. The first kappa shape index (κ1) is 26.4. The van der Waals surface area contributed by atoms with Crippen LogP contribution in [0.1, 0.15) is 27.4 Å². The number of rotatable bonds is 8. The minimum Gasteiger partial charge on any atom is -0.497 e. The quantitative estimate of drug-likeness (QED) is 0.283. The molecule has 40 heavy (non-hydrogen) atoms. The lowest BCUT2D eigenvalue weighted by Crippen LogP contribution is -2.16. The van der Waals surface area contributed by atoms with Crippen molar-refractivity contribution in [1.29, 1.82) is 0 Å². The van der Waals surface area contributed by atoms with Gasteiger partial charge in [0.05, 0.1) is 25.6 Å². The number of anilines is 3. The zero-order valence-electron chi connectivity index (χ0n) is 23.2. The van der Waals surface area contributed by atoms with Crippen molar-refractivity contribution in [3.05, 3.63) is 83.3 Å². The molecular weight excluding hydrogens is 508 g/mol. The molecule has 1 amide bonds. The second-order valence-corrected chi connectivity index (χ2v) is 9.25. The summed E-state index contributed by atoms with van der Waals surface area (Å²) in [5.74, 6) is 2.26. The van der Waals surface area contributed by atoms with E-state index in [-0.39, 0.29) is 5.91 Å². The van der Waals surface area contributed by atoms with Crippen molar-refractivity contribution in [2.24, 2.45) is 7.05 Å². The second-order valence-electron chi connectivity index (χ2n) is 9.25. The molecule has 204 valence electrons. The molecule has 0 spiro atoms. The van der Waals surface area contributed by atoms with Crippen molar-refractivity contribution in [1.82, 2.24) is 29.8 Å². The molecule has 0 bridgehead atoms. The van der Waals surface area contributed by atoms with E-state index in [1.165, 1.54) is 4.68 Å². The van der Waals surface area contributed by atoms with Crippen LogP contribution in [0.4, 0.5) is 17.2 Å². The minimum atomic E-state index is -0.287. The number of carbonyl (C=O) groups is 1. The maximum atomic E-state index is 13.1. The van der Waals surface area contributed by atoms with Crippen LogP contribution in [0.25, 0.3) is 17.1 Å². The Morgan fingerprint density at radius 1 is 0.850 bits per heavy atom. The molecule has 0 aliphatic rings. The highest BCUT2D eigenvalue weighted by Crippen LogP contribution is 2.33. The van der Waals surface area contributed by atoms with Gasteiger partial charge in [0.1, 0.15) is 17.2 Å². The fraction of sp³-hybridized carbons (Fsp3) is 0.207. The Balaban J connectivity index is 1.26. The molecule has 11 nitrogen and oxygen atoms in total. The average molecular weight is 539 g/mol. The van der Waals surface area contributed by atoms with Crippen LogP contribution < -0.4 is 20.1 Å². The lowest BCUT2D eigenvalue weighted by atomic mass is 10.1. The third-order valence-electron chi connectivity index (χ3n) is 6.73. The molecular formula is C29H30N8O3. The van der Waals surface area contributed by atoms with E-state index in [0.717, 1.165) is 28.2 Å². The van der Waals surface area contributed by atoms with Gasteiger partial charge in [-0.05, 0) is 87.0 Å². The van der Waals surface area contributed by atoms with E-state index < -0.39 is 0 Å².